The minimum absolute atomic E-state index is 0.0529. The molecule has 7 heteroatoms. The molecule has 2 aromatic heterocycles. The third-order valence-corrected chi connectivity index (χ3v) is 6.44. The second kappa shape index (κ2) is 10.2. The lowest BCUT2D eigenvalue weighted by molar-refractivity contribution is -0.124. The summed E-state index contributed by atoms with van der Waals surface area (Å²) >= 11 is 1.69. The van der Waals surface area contributed by atoms with Crippen molar-refractivity contribution < 1.29 is 14.0 Å². The van der Waals surface area contributed by atoms with Crippen molar-refractivity contribution in [1.82, 2.24) is 15.5 Å². The second-order valence-corrected chi connectivity index (χ2v) is 10.0. The Hall–Kier alpha value is -2.80. The van der Waals surface area contributed by atoms with Gasteiger partial charge in [0.2, 0.25) is 11.8 Å². The molecule has 1 N–H and O–H groups in total. The van der Waals surface area contributed by atoms with Gasteiger partial charge < -0.3 is 9.73 Å². The molecule has 0 aliphatic carbocycles. The van der Waals surface area contributed by atoms with Crippen LogP contribution < -0.4 is 5.32 Å². The van der Waals surface area contributed by atoms with Crippen LogP contribution in [0.25, 0.3) is 22.2 Å². The number of amides is 1. The van der Waals surface area contributed by atoms with Gasteiger partial charge in [-0.2, -0.15) is 0 Å². The average Bonchev–Trinajstić information content (AvgIpc) is 3.32. The van der Waals surface area contributed by atoms with Crippen LogP contribution in [0.15, 0.2) is 22.6 Å². The molecule has 6 nitrogen and oxygen atoms in total. The fourth-order valence-electron chi connectivity index (χ4n) is 3.77. The summed E-state index contributed by atoms with van der Waals surface area (Å²) in [7, 11) is 0. The van der Waals surface area contributed by atoms with Gasteiger partial charge in [-0.25, -0.2) is 0 Å². The topological polar surface area (TPSA) is 85.1 Å². The fraction of sp³-hybridized carbons (Fsp3) is 0.440. The van der Waals surface area contributed by atoms with Crippen LogP contribution in [-0.2, 0) is 22.4 Å². The molecule has 0 fully saturated rings. The highest BCUT2D eigenvalue weighted by atomic mass is 32.1. The molecular weight excluding hydrogens is 422 g/mol. The Morgan fingerprint density at radius 3 is 2.34 bits per heavy atom. The number of hydrogen-bond donors (Lipinski definition) is 1. The minimum atomic E-state index is -0.118. The van der Waals surface area contributed by atoms with Crippen LogP contribution >= 0.6 is 11.3 Å². The molecule has 0 saturated heterocycles. The molecule has 0 radical (unpaired) electrons. The first-order valence-corrected chi connectivity index (χ1v) is 11.8. The van der Waals surface area contributed by atoms with Crippen molar-refractivity contribution in [3.8, 4) is 22.2 Å². The van der Waals surface area contributed by atoms with Crippen molar-refractivity contribution in [3.05, 3.63) is 45.3 Å². The maximum Gasteiger partial charge on any atom is 0.258 e. The molecule has 1 amide bonds. The molecular formula is C25H31N3O3S. The molecule has 0 aliphatic rings. The van der Waals surface area contributed by atoms with Crippen molar-refractivity contribution in [2.45, 2.75) is 60.8 Å². The molecule has 3 rings (SSSR count). The summed E-state index contributed by atoms with van der Waals surface area (Å²) in [6.45, 7) is 12.2. The van der Waals surface area contributed by atoms with Crippen molar-refractivity contribution >= 4 is 23.0 Å². The summed E-state index contributed by atoms with van der Waals surface area (Å²) in [6, 6.07) is 6.21. The molecule has 0 unspecified atom stereocenters. The Balaban J connectivity index is 1.75. The predicted octanol–water partition coefficient (Wildman–Crippen LogP) is 5.23. The Morgan fingerprint density at radius 2 is 1.72 bits per heavy atom. The Bertz CT molecular complexity index is 1100. The first-order chi connectivity index (χ1) is 15.1. The van der Waals surface area contributed by atoms with Gasteiger partial charge in [-0.1, -0.05) is 13.8 Å². The number of carbonyl (C=O) groups excluding carboxylic acids is 2. The van der Waals surface area contributed by atoms with E-state index in [0.717, 1.165) is 33.6 Å². The summed E-state index contributed by atoms with van der Waals surface area (Å²) in [6.07, 6.45) is 2.00. The van der Waals surface area contributed by atoms with Gasteiger partial charge in [0.25, 0.3) is 5.89 Å². The van der Waals surface area contributed by atoms with Crippen LogP contribution in [0.2, 0.25) is 0 Å². The third kappa shape index (κ3) is 5.91. The molecule has 0 atom stereocenters. The summed E-state index contributed by atoms with van der Waals surface area (Å²) in [5.74, 6) is 1.47. The highest BCUT2D eigenvalue weighted by Gasteiger charge is 2.17. The van der Waals surface area contributed by atoms with Gasteiger partial charge in [-0.3, -0.25) is 9.59 Å². The van der Waals surface area contributed by atoms with E-state index in [-0.39, 0.29) is 18.2 Å². The lowest BCUT2D eigenvalue weighted by Crippen LogP contribution is -2.28. The number of thiophene rings is 1. The van der Waals surface area contributed by atoms with E-state index in [2.05, 4.69) is 42.4 Å². The number of Topliss-reactive ketones (excluding diaryl/α,β-unsaturated/α-hetero) is 1. The molecule has 0 aliphatic heterocycles. The first-order valence-electron chi connectivity index (χ1n) is 10.9. The molecule has 0 saturated carbocycles. The number of nitrogens with zero attached hydrogens (tertiary/aromatic N) is 2. The van der Waals surface area contributed by atoms with Crippen LogP contribution in [0.1, 0.15) is 54.3 Å². The zero-order valence-corrected chi connectivity index (χ0v) is 20.5. The van der Waals surface area contributed by atoms with E-state index in [1.807, 2.05) is 26.0 Å². The molecule has 0 spiro atoms. The number of hydrogen-bond acceptors (Lipinski definition) is 6. The summed E-state index contributed by atoms with van der Waals surface area (Å²) in [5.41, 5.74) is 5.48. The molecule has 2 heterocycles. The van der Waals surface area contributed by atoms with Gasteiger partial charge in [0, 0.05) is 16.9 Å². The number of rotatable bonds is 9. The fourth-order valence-corrected chi connectivity index (χ4v) is 4.74. The van der Waals surface area contributed by atoms with Crippen molar-refractivity contribution in [1.29, 1.82) is 0 Å². The van der Waals surface area contributed by atoms with Crippen LogP contribution in [0, 0.1) is 26.7 Å². The van der Waals surface area contributed by atoms with Gasteiger partial charge in [0.1, 0.15) is 5.78 Å². The quantitative estimate of drug-likeness (QED) is 0.480. The number of ketones is 1. The molecule has 0 bridgehead atoms. The molecule has 1 aromatic carbocycles. The maximum atomic E-state index is 12.0. The normalized spacial score (nSPS) is 11.2. The lowest BCUT2D eigenvalue weighted by Gasteiger charge is -2.11. The van der Waals surface area contributed by atoms with Crippen molar-refractivity contribution in [3.63, 3.8) is 0 Å². The van der Waals surface area contributed by atoms with Crippen molar-refractivity contribution in [2.24, 2.45) is 5.92 Å². The van der Waals surface area contributed by atoms with E-state index in [4.69, 9.17) is 4.42 Å². The monoisotopic (exact) mass is 453 g/mol. The maximum absolute atomic E-state index is 12.0. The van der Waals surface area contributed by atoms with Crippen LogP contribution in [0.4, 0.5) is 0 Å². The molecule has 32 heavy (non-hydrogen) atoms. The predicted molar refractivity (Wildman–Crippen MR) is 128 cm³/mol. The van der Waals surface area contributed by atoms with Gasteiger partial charge in [-0.05, 0) is 86.9 Å². The van der Waals surface area contributed by atoms with Crippen LogP contribution in [0.5, 0.6) is 0 Å². The largest absolute Gasteiger partial charge is 0.415 e. The van der Waals surface area contributed by atoms with E-state index in [9.17, 15) is 9.59 Å². The number of aryl methyl sites for hydroxylation is 3. The van der Waals surface area contributed by atoms with Crippen molar-refractivity contribution in [2.75, 3.05) is 6.54 Å². The molecule has 3 aromatic rings. The van der Waals surface area contributed by atoms with Crippen LogP contribution in [0.3, 0.4) is 0 Å². The zero-order valence-electron chi connectivity index (χ0n) is 19.7. The SMILES string of the molecule is CC(=O)CNC(=O)CCc1c(C)cc(-c2nnc(-c3cc(CC(C)C)c(C)s3)o2)cc1C. The highest BCUT2D eigenvalue weighted by Crippen LogP contribution is 2.33. The third-order valence-electron chi connectivity index (χ3n) is 5.36. The first kappa shape index (κ1) is 23.9. The van der Waals surface area contributed by atoms with E-state index < -0.39 is 0 Å². The van der Waals surface area contributed by atoms with E-state index in [1.54, 1.807) is 11.3 Å². The summed E-state index contributed by atoms with van der Waals surface area (Å²) in [4.78, 5) is 25.3. The number of aromatic nitrogens is 2. The average molecular weight is 454 g/mol. The Kier molecular flexibility index (Phi) is 7.61. The smallest absolute Gasteiger partial charge is 0.258 e. The van der Waals surface area contributed by atoms with Gasteiger partial charge >= 0.3 is 0 Å². The summed E-state index contributed by atoms with van der Waals surface area (Å²) < 4.78 is 6.02. The minimum Gasteiger partial charge on any atom is -0.415 e. The summed E-state index contributed by atoms with van der Waals surface area (Å²) in [5, 5.41) is 11.2. The standard InChI is InChI=1S/C25H31N3O3S/c1-14(2)9-19-12-22(32-18(19)6)25-28-27-24(31-25)20-10-15(3)21(16(4)11-20)7-8-23(30)26-13-17(5)29/h10-12,14H,7-9,13H2,1-6H3,(H,26,30). The van der Waals surface area contributed by atoms with Gasteiger partial charge in [0.05, 0.1) is 11.4 Å². The van der Waals surface area contributed by atoms with Gasteiger partial charge in [0.15, 0.2) is 0 Å². The zero-order chi connectivity index (χ0) is 23.4. The lowest BCUT2D eigenvalue weighted by atomic mass is 9.95. The van der Waals surface area contributed by atoms with E-state index in [0.29, 0.717) is 30.5 Å². The van der Waals surface area contributed by atoms with Crippen LogP contribution in [-0.4, -0.2) is 28.4 Å². The van der Waals surface area contributed by atoms with E-state index >= 15 is 0 Å². The highest BCUT2D eigenvalue weighted by molar-refractivity contribution is 7.15. The van der Waals surface area contributed by atoms with E-state index in [1.165, 1.54) is 17.4 Å². The Labute approximate surface area is 193 Å². The second-order valence-electron chi connectivity index (χ2n) is 8.77. The number of benzene rings is 1. The van der Waals surface area contributed by atoms with Gasteiger partial charge in [-0.15, -0.1) is 21.5 Å². The number of carbonyl (C=O) groups is 2. The molecule has 170 valence electrons. The Morgan fingerprint density at radius 1 is 1.06 bits per heavy atom. The number of nitrogens with one attached hydrogen (secondary N) is 1.